The van der Waals surface area contributed by atoms with Crippen molar-refractivity contribution < 1.29 is 4.42 Å². The molecule has 1 aromatic carbocycles. The molecule has 0 unspecified atom stereocenters. The second kappa shape index (κ2) is 7.05. The van der Waals surface area contributed by atoms with Gasteiger partial charge < -0.3 is 9.73 Å². The minimum atomic E-state index is 0.238. The molecule has 0 spiro atoms. The topological polar surface area (TPSA) is 74.7 Å². The summed E-state index contributed by atoms with van der Waals surface area (Å²) in [6, 6.07) is 15.7. The van der Waals surface area contributed by atoms with Crippen LogP contribution in [-0.4, -0.2) is 9.97 Å². The van der Waals surface area contributed by atoms with Gasteiger partial charge in [-0.15, -0.1) is 0 Å². The maximum atomic E-state index is 9.17. The molecule has 0 bridgehead atoms. The van der Waals surface area contributed by atoms with Crippen molar-refractivity contribution >= 4 is 18.0 Å². The van der Waals surface area contributed by atoms with Crippen LogP contribution in [0.15, 0.2) is 59.3 Å². The zero-order valence-electron chi connectivity index (χ0n) is 12.3. The lowest BCUT2D eigenvalue weighted by Crippen LogP contribution is -1.99. The number of anilines is 1. The molecule has 5 nitrogen and oxygen atoms in total. The molecule has 0 amide bonds. The van der Waals surface area contributed by atoms with E-state index in [1.54, 1.807) is 18.5 Å². The molecular formula is C18H14N4O. The largest absolute Gasteiger partial charge is 0.420 e. The Kier molecular flexibility index (Phi) is 4.46. The van der Waals surface area contributed by atoms with Crippen molar-refractivity contribution in [3.05, 3.63) is 77.6 Å². The Morgan fingerprint density at radius 3 is 2.74 bits per heavy atom. The monoisotopic (exact) mass is 302 g/mol. The fraction of sp³-hybridized carbons (Fsp3) is 0.0556. The van der Waals surface area contributed by atoms with Crippen molar-refractivity contribution in [2.45, 2.75) is 6.54 Å². The second-order valence-electron chi connectivity index (χ2n) is 4.80. The third kappa shape index (κ3) is 3.83. The number of hydrogen-bond acceptors (Lipinski definition) is 5. The Labute approximate surface area is 133 Å². The highest BCUT2D eigenvalue weighted by Crippen LogP contribution is 2.19. The predicted molar refractivity (Wildman–Crippen MR) is 88.2 cm³/mol. The molecule has 112 valence electrons. The van der Waals surface area contributed by atoms with Crippen LogP contribution >= 0.6 is 0 Å². The zero-order valence-corrected chi connectivity index (χ0v) is 12.3. The first-order valence-corrected chi connectivity index (χ1v) is 7.12. The summed E-state index contributed by atoms with van der Waals surface area (Å²) in [7, 11) is 0. The van der Waals surface area contributed by atoms with E-state index >= 15 is 0 Å². The van der Waals surface area contributed by atoms with Gasteiger partial charge in [0.2, 0.25) is 17.5 Å². The Morgan fingerprint density at radius 1 is 1.13 bits per heavy atom. The lowest BCUT2D eigenvalue weighted by molar-refractivity contribution is 0.557. The average Bonchev–Trinajstić information content (AvgIpc) is 3.02. The molecule has 0 saturated heterocycles. The molecule has 5 heteroatoms. The number of pyridine rings is 1. The van der Waals surface area contributed by atoms with Gasteiger partial charge in [0.15, 0.2) is 0 Å². The Hall–Kier alpha value is -3.39. The zero-order chi connectivity index (χ0) is 15.9. The molecule has 0 aliphatic heterocycles. The van der Waals surface area contributed by atoms with Crippen LogP contribution in [0.3, 0.4) is 0 Å². The first-order chi connectivity index (χ1) is 11.3. The number of rotatable bonds is 5. The smallest absolute Gasteiger partial charge is 0.232 e. The molecule has 2 aromatic heterocycles. The lowest BCUT2D eigenvalue weighted by atomic mass is 10.2. The SMILES string of the molecule is N#Cc1nc(C=Cc2ccccc2)oc1NCc1cccnc1. The standard InChI is InChI=1S/C18H14N4O/c19-11-16-18(21-13-15-7-4-10-20-12-15)23-17(22-16)9-8-14-5-2-1-3-6-14/h1-10,12,21H,13H2. The first-order valence-electron chi connectivity index (χ1n) is 7.12. The Bertz CT molecular complexity index is 832. The number of benzene rings is 1. The maximum absolute atomic E-state index is 9.17. The maximum Gasteiger partial charge on any atom is 0.232 e. The molecule has 0 saturated carbocycles. The number of hydrogen-bond donors (Lipinski definition) is 1. The summed E-state index contributed by atoms with van der Waals surface area (Å²) >= 11 is 0. The molecule has 3 aromatic rings. The first kappa shape index (κ1) is 14.5. The molecule has 1 N–H and O–H groups in total. The van der Waals surface area contributed by atoms with Crippen LogP contribution in [-0.2, 0) is 6.54 Å². The summed E-state index contributed by atoms with van der Waals surface area (Å²) in [5.74, 6) is 0.753. The number of nitriles is 1. The Balaban J connectivity index is 1.73. The molecule has 3 rings (SSSR count). The molecule has 0 fully saturated rings. The summed E-state index contributed by atoms with van der Waals surface area (Å²) in [6.07, 6.45) is 7.10. The molecule has 0 radical (unpaired) electrons. The van der Waals surface area contributed by atoms with E-state index in [0.29, 0.717) is 18.3 Å². The highest BCUT2D eigenvalue weighted by molar-refractivity contribution is 5.67. The summed E-state index contributed by atoms with van der Waals surface area (Å²) in [5.41, 5.74) is 2.27. The molecular weight excluding hydrogens is 288 g/mol. The van der Waals surface area contributed by atoms with E-state index in [1.807, 2.05) is 54.6 Å². The average molecular weight is 302 g/mol. The molecule has 0 aliphatic carbocycles. The highest BCUT2D eigenvalue weighted by atomic mass is 16.4. The van der Waals surface area contributed by atoms with E-state index in [0.717, 1.165) is 11.1 Å². The molecule has 23 heavy (non-hydrogen) atoms. The van der Waals surface area contributed by atoms with Crippen molar-refractivity contribution in [2.75, 3.05) is 5.32 Å². The van der Waals surface area contributed by atoms with Crippen LogP contribution in [0, 0.1) is 11.3 Å². The summed E-state index contributed by atoms with van der Waals surface area (Å²) in [6.45, 7) is 0.513. The van der Waals surface area contributed by atoms with Gasteiger partial charge in [0.25, 0.3) is 0 Å². The van der Waals surface area contributed by atoms with Crippen molar-refractivity contribution in [3.63, 3.8) is 0 Å². The third-order valence-corrected chi connectivity index (χ3v) is 3.14. The van der Waals surface area contributed by atoms with E-state index in [2.05, 4.69) is 15.3 Å². The summed E-state index contributed by atoms with van der Waals surface area (Å²) in [5, 5.41) is 12.2. The second-order valence-corrected chi connectivity index (χ2v) is 4.80. The van der Waals surface area contributed by atoms with E-state index in [9.17, 15) is 0 Å². The Morgan fingerprint density at radius 2 is 2.00 bits per heavy atom. The third-order valence-electron chi connectivity index (χ3n) is 3.14. The van der Waals surface area contributed by atoms with Crippen LogP contribution in [0.5, 0.6) is 0 Å². The highest BCUT2D eigenvalue weighted by Gasteiger charge is 2.10. The summed E-state index contributed by atoms with van der Waals surface area (Å²) in [4.78, 5) is 8.21. The number of nitrogens with one attached hydrogen (secondary N) is 1. The molecule has 0 atom stereocenters. The van der Waals surface area contributed by atoms with E-state index in [1.165, 1.54) is 0 Å². The fourth-order valence-corrected chi connectivity index (χ4v) is 2.02. The normalized spacial score (nSPS) is 10.6. The number of nitrogens with zero attached hydrogens (tertiary/aromatic N) is 3. The number of aromatic nitrogens is 2. The van der Waals surface area contributed by atoms with E-state index < -0.39 is 0 Å². The van der Waals surface area contributed by atoms with Crippen LogP contribution < -0.4 is 5.32 Å². The van der Waals surface area contributed by atoms with Gasteiger partial charge in [0.05, 0.1) is 0 Å². The van der Waals surface area contributed by atoms with Gasteiger partial charge in [-0.3, -0.25) is 4.98 Å². The van der Waals surface area contributed by atoms with Crippen molar-refractivity contribution in [1.29, 1.82) is 5.26 Å². The van der Waals surface area contributed by atoms with Crippen molar-refractivity contribution in [3.8, 4) is 6.07 Å². The minimum Gasteiger partial charge on any atom is -0.420 e. The summed E-state index contributed by atoms with van der Waals surface area (Å²) < 4.78 is 5.60. The number of oxazole rings is 1. The van der Waals surface area contributed by atoms with Gasteiger partial charge in [-0.1, -0.05) is 36.4 Å². The fourth-order valence-electron chi connectivity index (χ4n) is 2.02. The van der Waals surface area contributed by atoms with Gasteiger partial charge in [-0.25, -0.2) is 0 Å². The lowest BCUT2D eigenvalue weighted by Gasteiger charge is -2.01. The van der Waals surface area contributed by atoms with Gasteiger partial charge in [0.1, 0.15) is 6.07 Å². The van der Waals surface area contributed by atoms with Crippen LogP contribution in [0.25, 0.3) is 12.2 Å². The van der Waals surface area contributed by atoms with Crippen LogP contribution in [0.4, 0.5) is 5.88 Å². The van der Waals surface area contributed by atoms with Gasteiger partial charge >= 0.3 is 0 Å². The van der Waals surface area contributed by atoms with E-state index in [4.69, 9.17) is 9.68 Å². The van der Waals surface area contributed by atoms with Gasteiger partial charge in [-0.05, 0) is 23.3 Å². The van der Waals surface area contributed by atoms with Crippen LogP contribution in [0.1, 0.15) is 22.7 Å². The van der Waals surface area contributed by atoms with Gasteiger partial charge in [0, 0.05) is 25.0 Å². The predicted octanol–water partition coefficient (Wildman–Crippen LogP) is 3.72. The molecule has 0 aliphatic rings. The minimum absolute atomic E-state index is 0.238. The van der Waals surface area contributed by atoms with Crippen molar-refractivity contribution in [2.24, 2.45) is 0 Å². The van der Waals surface area contributed by atoms with Crippen LogP contribution in [0.2, 0.25) is 0 Å². The molecule has 2 heterocycles. The van der Waals surface area contributed by atoms with E-state index in [-0.39, 0.29) is 5.69 Å². The quantitative estimate of drug-likeness (QED) is 0.777. The van der Waals surface area contributed by atoms with Gasteiger partial charge in [-0.2, -0.15) is 10.2 Å². The van der Waals surface area contributed by atoms with Crippen molar-refractivity contribution in [1.82, 2.24) is 9.97 Å².